The van der Waals surface area contributed by atoms with Gasteiger partial charge in [0.25, 0.3) is 0 Å². The van der Waals surface area contributed by atoms with Gasteiger partial charge in [0.05, 0.1) is 6.54 Å². The Morgan fingerprint density at radius 1 is 1.05 bits per heavy atom. The van der Waals surface area contributed by atoms with E-state index >= 15 is 0 Å². The SMILES string of the molecule is NCC#Cc1ccc(NC(=O)CCc2ccccc2)cc1. The Morgan fingerprint density at radius 3 is 2.43 bits per heavy atom. The van der Waals surface area contributed by atoms with Crippen molar-refractivity contribution in [1.29, 1.82) is 0 Å². The minimum absolute atomic E-state index is 0.0136. The number of carbonyl (C=O) groups is 1. The summed E-state index contributed by atoms with van der Waals surface area (Å²) in [5.41, 5.74) is 8.16. The first-order chi connectivity index (χ1) is 10.3. The summed E-state index contributed by atoms with van der Waals surface area (Å²) in [7, 11) is 0. The molecule has 3 heteroatoms. The van der Waals surface area contributed by atoms with E-state index in [-0.39, 0.29) is 5.91 Å². The Balaban J connectivity index is 1.85. The molecule has 0 saturated heterocycles. The molecule has 0 aliphatic carbocycles. The molecule has 3 N–H and O–H groups in total. The molecule has 0 heterocycles. The predicted molar refractivity (Wildman–Crippen MR) is 85.8 cm³/mol. The third-order valence-corrected chi connectivity index (χ3v) is 2.99. The number of nitrogens with two attached hydrogens (primary N) is 1. The Bertz CT molecular complexity index is 636. The zero-order valence-electron chi connectivity index (χ0n) is 11.8. The number of anilines is 1. The first-order valence-corrected chi connectivity index (χ1v) is 6.91. The van der Waals surface area contributed by atoms with Crippen molar-refractivity contribution in [3.63, 3.8) is 0 Å². The van der Waals surface area contributed by atoms with E-state index in [0.29, 0.717) is 13.0 Å². The molecule has 0 aromatic heterocycles. The third-order valence-electron chi connectivity index (χ3n) is 2.99. The van der Waals surface area contributed by atoms with Crippen molar-refractivity contribution in [2.75, 3.05) is 11.9 Å². The van der Waals surface area contributed by atoms with Gasteiger partial charge in [-0.2, -0.15) is 0 Å². The van der Waals surface area contributed by atoms with Crippen LogP contribution in [0, 0.1) is 11.8 Å². The van der Waals surface area contributed by atoms with Crippen LogP contribution in [-0.2, 0) is 11.2 Å². The molecule has 2 aromatic carbocycles. The summed E-state index contributed by atoms with van der Waals surface area (Å²) in [6, 6.07) is 17.4. The van der Waals surface area contributed by atoms with Gasteiger partial charge in [0.1, 0.15) is 0 Å². The molecule has 0 spiro atoms. The van der Waals surface area contributed by atoms with Crippen LogP contribution in [0.5, 0.6) is 0 Å². The van der Waals surface area contributed by atoms with Gasteiger partial charge in [0, 0.05) is 17.7 Å². The number of amides is 1. The quantitative estimate of drug-likeness (QED) is 0.845. The predicted octanol–water partition coefficient (Wildman–Crippen LogP) is 2.57. The second-order valence-electron chi connectivity index (χ2n) is 4.62. The van der Waals surface area contributed by atoms with Crippen molar-refractivity contribution >= 4 is 11.6 Å². The van der Waals surface area contributed by atoms with E-state index in [0.717, 1.165) is 17.7 Å². The van der Waals surface area contributed by atoms with E-state index in [2.05, 4.69) is 17.2 Å². The van der Waals surface area contributed by atoms with Gasteiger partial charge >= 0.3 is 0 Å². The van der Waals surface area contributed by atoms with Gasteiger partial charge in [-0.25, -0.2) is 0 Å². The van der Waals surface area contributed by atoms with Crippen LogP contribution in [0.1, 0.15) is 17.5 Å². The molecule has 0 unspecified atom stereocenters. The van der Waals surface area contributed by atoms with Gasteiger partial charge in [-0.05, 0) is 36.2 Å². The summed E-state index contributed by atoms with van der Waals surface area (Å²) >= 11 is 0. The number of nitrogens with one attached hydrogen (secondary N) is 1. The first kappa shape index (κ1) is 14.8. The van der Waals surface area contributed by atoms with Gasteiger partial charge in [-0.3, -0.25) is 4.79 Å². The van der Waals surface area contributed by atoms with Crippen molar-refractivity contribution in [3.8, 4) is 11.8 Å². The molecule has 2 rings (SSSR count). The number of hydrogen-bond acceptors (Lipinski definition) is 2. The van der Waals surface area contributed by atoms with Crippen molar-refractivity contribution in [2.24, 2.45) is 5.73 Å². The smallest absolute Gasteiger partial charge is 0.224 e. The summed E-state index contributed by atoms with van der Waals surface area (Å²) in [5.74, 6) is 5.75. The van der Waals surface area contributed by atoms with E-state index < -0.39 is 0 Å². The van der Waals surface area contributed by atoms with Crippen molar-refractivity contribution in [1.82, 2.24) is 0 Å². The van der Waals surface area contributed by atoms with Gasteiger partial charge in [0.15, 0.2) is 0 Å². The minimum Gasteiger partial charge on any atom is -0.326 e. The van der Waals surface area contributed by atoms with E-state index in [1.807, 2.05) is 54.6 Å². The Labute approximate surface area is 125 Å². The van der Waals surface area contributed by atoms with Crippen LogP contribution in [0.4, 0.5) is 5.69 Å². The van der Waals surface area contributed by atoms with Crippen molar-refractivity contribution in [2.45, 2.75) is 12.8 Å². The molecule has 0 saturated carbocycles. The lowest BCUT2D eigenvalue weighted by molar-refractivity contribution is -0.116. The van der Waals surface area contributed by atoms with E-state index in [9.17, 15) is 4.79 Å². The van der Waals surface area contributed by atoms with Crippen LogP contribution >= 0.6 is 0 Å². The molecule has 2 aromatic rings. The van der Waals surface area contributed by atoms with Crippen LogP contribution in [0.2, 0.25) is 0 Å². The van der Waals surface area contributed by atoms with E-state index in [1.54, 1.807) is 0 Å². The van der Waals surface area contributed by atoms with Crippen LogP contribution in [0.3, 0.4) is 0 Å². The monoisotopic (exact) mass is 278 g/mol. The number of hydrogen-bond donors (Lipinski definition) is 2. The Kier molecular flexibility index (Phi) is 5.57. The van der Waals surface area contributed by atoms with Crippen LogP contribution in [-0.4, -0.2) is 12.5 Å². The minimum atomic E-state index is 0.0136. The zero-order chi connectivity index (χ0) is 14.9. The molecule has 21 heavy (non-hydrogen) atoms. The second kappa shape index (κ2) is 7.88. The normalized spacial score (nSPS) is 9.57. The van der Waals surface area contributed by atoms with Gasteiger partial charge < -0.3 is 11.1 Å². The lowest BCUT2D eigenvalue weighted by Gasteiger charge is -2.05. The molecule has 0 bridgehead atoms. The largest absolute Gasteiger partial charge is 0.326 e. The number of benzene rings is 2. The summed E-state index contributed by atoms with van der Waals surface area (Å²) in [5, 5.41) is 2.88. The zero-order valence-corrected chi connectivity index (χ0v) is 11.8. The molecule has 0 aliphatic heterocycles. The maximum atomic E-state index is 11.9. The van der Waals surface area contributed by atoms with Crippen LogP contribution < -0.4 is 11.1 Å². The van der Waals surface area contributed by atoms with Gasteiger partial charge in [-0.15, -0.1) is 0 Å². The number of aryl methyl sites for hydroxylation is 1. The molecule has 3 nitrogen and oxygen atoms in total. The van der Waals surface area contributed by atoms with Crippen LogP contribution in [0.15, 0.2) is 54.6 Å². The summed E-state index contributed by atoms with van der Waals surface area (Å²) in [6.45, 7) is 0.345. The first-order valence-electron chi connectivity index (χ1n) is 6.91. The fraction of sp³-hybridized carbons (Fsp3) is 0.167. The third kappa shape index (κ3) is 5.13. The van der Waals surface area contributed by atoms with Gasteiger partial charge in [-0.1, -0.05) is 42.2 Å². The molecular formula is C18H18N2O. The molecule has 0 fully saturated rings. The van der Waals surface area contributed by atoms with E-state index in [4.69, 9.17) is 5.73 Å². The Morgan fingerprint density at radius 2 is 1.76 bits per heavy atom. The molecule has 0 radical (unpaired) electrons. The average Bonchev–Trinajstić information content (AvgIpc) is 2.53. The highest BCUT2D eigenvalue weighted by molar-refractivity contribution is 5.90. The highest BCUT2D eigenvalue weighted by Gasteiger charge is 2.03. The van der Waals surface area contributed by atoms with Crippen molar-refractivity contribution < 1.29 is 4.79 Å². The van der Waals surface area contributed by atoms with E-state index in [1.165, 1.54) is 5.56 Å². The standard InChI is InChI=1S/C18H18N2O/c19-14-4-7-16-8-11-17(12-9-16)20-18(21)13-10-15-5-2-1-3-6-15/h1-3,5-6,8-9,11-12H,10,13-14,19H2,(H,20,21). The lowest BCUT2D eigenvalue weighted by Crippen LogP contribution is -2.12. The fourth-order valence-corrected chi connectivity index (χ4v) is 1.92. The molecular weight excluding hydrogens is 260 g/mol. The highest BCUT2D eigenvalue weighted by Crippen LogP contribution is 2.10. The van der Waals surface area contributed by atoms with Crippen LogP contribution in [0.25, 0.3) is 0 Å². The molecule has 0 aliphatic rings. The summed E-state index contributed by atoms with van der Waals surface area (Å²) in [4.78, 5) is 11.9. The van der Waals surface area contributed by atoms with Crippen molar-refractivity contribution in [3.05, 3.63) is 65.7 Å². The average molecular weight is 278 g/mol. The summed E-state index contributed by atoms with van der Waals surface area (Å²) < 4.78 is 0. The second-order valence-corrected chi connectivity index (χ2v) is 4.62. The molecule has 1 amide bonds. The lowest BCUT2D eigenvalue weighted by atomic mass is 10.1. The molecule has 106 valence electrons. The maximum absolute atomic E-state index is 11.9. The topological polar surface area (TPSA) is 55.1 Å². The maximum Gasteiger partial charge on any atom is 0.224 e. The fourth-order valence-electron chi connectivity index (χ4n) is 1.92. The highest BCUT2D eigenvalue weighted by atomic mass is 16.1. The summed E-state index contributed by atoms with van der Waals surface area (Å²) in [6.07, 6.45) is 1.21. The Hall–Kier alpha value is -2.57. The van der Waals surface area contributed by atoms with Gasteiger partial charge in [0.2, 0.25) is 5.91 Å². The number of rotatable bonds is 4. The molecule has 0 atom stereocenters. The number of carbonyl (C=O) groups excluding carboxylic acids is 1.